The van der Waals surface area contributed by atoms with Crippen molar-refractivity contribution in [3.63, 3.8) is 0 Å². The highest BCUT2D eigenvalue weighted by atomic mass is 32.1. The lowest BCUT2D eigenvalue weighted by molar-refractivity contribution is 0.0518. The van der Waals surface area contributed by atoms with Gasteiger partial charge in [0.1, 0.15) is 12.4 Å². The van der Waals surface area contributed by atoms with E-state index in [0.29, 0.717) is 23.8 Å². The van der Waals surface area contributed by atoms with Crippen LogP contribution in [0.15, 0.2) is 72.1 Å². The first-order valence-electron chi connectivity index (χ1n) is 9.98. The zero-order chi connectivity index (χ0) is 19.9. The van der Waals surface area contributed by atoms with E-state index in [9.17, 15) is 4.79 Å². The van der Waals surface area contributed by atoms with Gasteiger partial charge in [0.25, 0.3) is 5.91 Å². The Hall–Kier alpha value is -2.63. The number of nitrogens with one attached hydrogen (secondary N) is 1. The molecule has 29 heavy (non-hydrogen) atoms. The van der Waals surface area contributed by atoms with Crippen molar-refractivity contribution in [3.05, 3.63) is 88.1 Å². The number of benzene rings is 2. The van der Waals surface area contributed by atoms with Crippen LogP contribution in [0.4, 0.5) is 0 Å². The predicted octanol–water partition coefficient (Wildman–Crippen LogP) is 5.22. The lowest BCUT2D eigenvalue weighted by Crippen LogP contribution is -2.35. The molecule has 4 rings (SSSR count). The summed E-state index contributed by atoms with van der Waals surface area (Å²) in [4.78, 5) is 14.2. The van der Waals surface area contributed by atoms with E-state index in [1.54, 1.807) is 11.3 Å². The highest BCUT2D eigenvalue weighted by Gasteiger charge is 2.28. The number of carbonyl (C=O) groups is 1. The molecule has 150 valence electrons. The molecule has 1 amide bonds. The number of ether oxygens (including phenoxy) is 2. The van der Waals surface area contributed by atoms with Gasteiger partial charge in [0.15, 0.2) is 0 Å². The Morgan fingerprint density at radius 3 is 2.66 bits per heavy atom. The van der Waals surface area contributed by atoms with Gasteiger partial charge in [0.05, 0.1) is 6.04 Å². The number of rotatable bonds is 7. The standard InChI is InChI=1S/C24H25NO3S/c26-24(25-23(22-10-5-15-29-22)19-11-13-27-14-12-19)20-8-4-9-21(16-20)28-17-18-6-2-1-3-7-18/h1-10,15-16,19,23H,11-14,17H2,(H,25,26). The second-order valence-corrected chi connectivity index (χ2v) is 8.20. The first-order chi connectivity index (χ1) is 14.3. The molecular formula is C24H25NO3S. The van der Waals surface area contributed by atoms with Crippen LogP contribution in [-0.4, -0.2) is 19.1 Å². The van der Waals surface area contributed by atoms with Crippen molar-refractivity contribution in [2.24, 2.45) is 5.92 Å². The van der Waals surface area contributed by atoms with Crippen LogP contribution in [0.5, 0.6) is 5.75 Å². The molecule has 5 heteroatoms. The molecule has 0 saturated carbocycles. The fourth-order valence-electron chi connectivity index (χ4n) is 3.63. The van der Waals surface area contributed by atoms with Gasteiger partial charge in [-0.1, -0.05) is 42.5 Å². The van der Waals surface area contributed by atoms with Gasteiger partial charge < -0.3 is 14.8 Å². The first-order valence-corrected chi connectivity index (χ1v) is 10.9. The molecule has 0 radical (unpaired) electrons. The van der Waals surface area contributed by atoms with Crippen molar-refractivity contribution in [3.8, 4) is 5.75 Å². The van der Waals surface area contributed by atoms with Crippen molar-refractivity contribution in [2.45, 2.75) is 25.5 Å². The summed E-state index contributed by atoms with van der Waals surface area (Å²) in [5, 5.41) is 5.33. The lowest BCUT2D eigenvalue weighted by Gasteiger charge is -2.30. The van der Waals surface area contributed by atoms with Crippen molar-refractivity contribution < 1.29 is 14.3 Å². The van der Waals surface area contributed by atoms with E-state index in [1.165, 1.54) is 4.88 Å². The maximum absolute atomic E-state index is 13.0. The maximum atomic E-state index is 13.0. The van der Waals surface area contributed by atoms with Crippen molar-refractivity contribution in [2.75, 3.05) is 13.2 Å². The number of carbonyl (C=O) groups excluding carboxylic acids is 1. The third kappa shape index (κ3) is 5.25. The van der Waals surface area contributed by atoms with Crippen LogP contribution in [0.25, 0.3) is 0 Å². The molecule has 1 saturated heterocycles. The quantitative estimate of drug-likeness (QED) is 0.584. The second-order valence-electron chi connectivity index (χ2n) is 7.22. The molecule has 4 nitrogen and oxygen atoms in total. The minimum atomic E-state index is -0.0694. The Morgan fingerprint density at radius 2 is 1.90 bits per heavy atom. The zero-order valence-electron chi connectivity index (χ0n) is 16.3. The minimum Gasteiger partial charge on any atom is -0.489 e. The van der Waals surface area contributed by atoms with E-state index in [1.807, 2.05) is 60.7 Å². The van der Waals surface area contributed by atoms with Crippen molar-refractivity contribution in [1.29, 1.82) is 0 Å². The van der Waals surface area contributed by atoms with Gasteiger partial charge in [0, 0.05) is 23.7 Å². The van der Waals surface area contributed by atoms with E-state index in [0.717, 1.165) is 31.6 Å². The average molecular weight is 408 g/mol. The summed E-state index contributed by atoms with van der Waals surface area (Å²) in [6.07, 6.45) is 1.92. The summed E-state index contributed by atoms with van der Waals surface area (Å²) < 4.78 is 11.4. The van der Waals surface area contributed by atoms with Crippen LogP contribution in [0, 0.1) is 5.92 Å². The molecule has 1 atom stereocenters. The summed E-state index contributed by atoms with van der Waals surface area (Å²) in [5.41, 5.74) is 1.71. The number of amides is 1. The van der Waals surface area contributed by atoms with Crippen LogP contribution in [-0.2, 0) is 11.3 Å². The summed E-state index contributed by atoms with van der Waals surface area (Å²) in [6, 6.07) is 21.6. The topological polar surface area (TPSA) is 47.6 Å². The third-order valence-electron chi connectivity index (χ3n) is 5.22. The zero-order valence-corrected chi connectivity index (χ0v) is 17.1. The molecule has 1 aliphatic rings. The molecule has 0 bridgehead atoms. The Morgan fingerprint density at radius 1 is 1.07 bits per heavy atom. The second kappa shape index (κ2) is 9.72. The van der Waals surface area contributed by atoms with Gasteiger partial charge >= 0.3 is 0 Å². The van der Waals surface area contributed by atoms with Crippen LogP contribution in [0.2, 0.25) is 0 Å². The van der Waals surface area contributed by atoms with E-state index in [4.69, 9.17) is 9.47 Å². The minimum absolute atomic E-state index is 0.0142. The number of hydrogen-bond acceptors (Lipinski definition) is 4. The molecule has 1 aromatic heterocycles. The van der Waals surface area contributed by atoms with E-state index < -0.39 is 0 Å². The van der Waals surface area contributed by atoms with Gasteiger partial charge in [-0.05, 0) is 54.0 Å². The van der Waals surface area contributed by atoms with Crippen molar-refractivity contribution >= 4 is 17.2 Å². The smallest absolute Gasteiger partial charge is 0.251 e. The fourth-order valence-corrected chi connectivity index (χ4v) is 4.50. The van der Waals surface area contributed by atoms with Crippen molar-refractivity contribution in [1.82, 2.24) is 5.32 Å². The van der Waals surface area contributed by atoms with Crippen LogP contribution >= 0.6 is 11.3 Å². The Kier molecular flexibility index (Phi) is 6.60. The summed E-state index contributed by atoms with van der Waals surface area (Å²) in [5.74, 6) is 1.02. The normalized spacial score (nSPS) is 15.6. The lowest BCUT2D eigenvalue weighted by atomic mass is 9.90. The van der Waals surface area contributed by atoms with Gasteiger partial charge in [-0.25, -0.2) is 0 Å². The predicted molar refractivity (Wildman–Crippen MR) is 115 cm³/mol. The summed E-state index contributed by atoms with van der Waals surface area (Å²) in [6.45, 7) is 1.99. The first kappa shape index (κ1) is 19.7. The summed E-state index contributed by atoms with van der Waals surface area (Å²) in [7, 11) is 0. The van der Waals surface area contributed by atoms with Crippen LogP contribution in [0.3, 0.4) is 0 Å². The maximum Gasteiger partial charge on any atom is 0.251 e. The monoisotopic (exact) mass is 407 g/mol. The molecule has 1 fully saturated rings. The molecule has 0 spiro atoms. The number of hydrogen-bond donors (Lipinski definition) is 1. The summed E-state index contributed by atoms with van der Waals surface area (Å²) >= 11 is 1.69. The molecular weight excluding hydrogens is 382 g/mol. The Bertz CT molecular complexity index is 905. The number of thiophene rings is 1. The molecule has 2 aromatic carbocycles. The highest BCUT2D eigenvalue weighted by molar-refractivity contribution is 7.10. The SMILES string of the molecule is O=C(NC(c1cccs1)C1CCOCC1)c1cccc(OCc2ccccc2)c1. The van der Waals surface area contributed by atoms with Gasteiger partial charge in [-0.2, -0.15) is 0 Å². The Balaban J connectivity index is 1.45. The van der Waals surface area contributed by atoms with E-state index >= 15 is 0 Å². The molecule has 1 aliphatic heterocycles. The fraction of sp³-hybridized carbons (Fsp3) is 0.292. The largest absolute Gasteiger partial charge is 0.489 e. The molecule has 0 aliphatic carbocycles. The van der Waals surface area contributed by atoms with Gasteiger partial charge in [0.2, 0.25) is 0 Å². The van der Waals surface area contributed by atoms with Gasteiger partial charge in [-0.3, -0.25) is 4.79 Å². The van der Waals surface area contributed by atoms with Gasteiger partial charge in [-0.15, -0.1) is 11.3 Å². The molecule has 1 N–H and O–H groups in total. The van der Waals surface area contributed by atoms with E-state index in [2.05, 4.69) is 16.8 Å². The third-order valence-corrected chi connectivity index (χ3v) is 6.17. The Labute approximate surface area is 175 Å². The molecule has 1 unspecified atom stereocenters. The van der Waals surface area contributed by atoms with Crippen LogP contribution in [0.1, 0.15) is 39.7 Å². The molecule has 3 aromatic rings. The molecule has 2 heterocycles. The highest BCUT2D eigenvalue weighted by Crippen LogP contribution is 2.33. The van der Waals surface area contributed by atoms with Crippen LogP contribution < -0.4 is 10.1 Å². The van der Waals surface area contributed by atoms with E-state index in [-0.39, 0.29) is 11.9 Å². The average Bonchev–Trinajstić information content (AvgIpc) is 3.32.